The van der Waals surface area contributed by atoms with Crippen molar-refractivity contribution in [3.8, 4) is 22.8 Å². The van der Waals surface area contributed by atoms with Crippen LogP contribution in [0.2, 0.25) is 0 Å². The lowest BCUT2D eigenvalue weighted by Gasteiger charge is -2.21. The molecular formula is C26H25BrN2O2. The van der Waals surface area contributed by atoms with Gasteiger partial charge in [0.05, 0.1) is 18.5 Å². The first-order valence-corrected chi connectivity index (χ1v) is 11.2. The van der Waals surface area contributed by atoms with Gasteiger partial charge in [-0.3, -0.25) is 4.57 Å². The first kappa shape index (κ1) is 21.3. The SMILES string of the molecule is CCOc1cccc(-c2ncc(C(OCC)c3ccccc3)n2-c2cccc(Br)c2)c1. The van der Waals surface area contributed by atoms with E-state index in [0.29, 0.717) is 13.2 Å². The van der Waals surface area contributed by atoms with Gasteiger partial charge in [0.15, 0.2) is 0 Å². The Balaban J connectivity index is 1.91. The minimum atomic E-state index is -0.235. The van der Waals surface area contributed by atoms with Crippen molar-refractivity contribution in [3.05, 3.63) is 101 Å². The highest BCUT2D eigenvalue weighted by atomic mass is 79.9. The molecule has 0 aliphatic rings. The topological polar surface area (TPSA) is 36.3 Å². The first-order valence-electron chi connectivity index (χ1n) is 10.4. The normalized spacial score (nSPS) is 12.0. The van der Waals surface area contributed by atoms with Gasteiger partial charge in [0.2, 0.25) is 0 Å². The molecular weight excluding hydrogens is 452 g/mol. The molecule has 0 aliphatic carbocycles. The molecule has 0 saturated heterocycles. The fourth-order valence-electron chi connectivity index (χ4n) is 3.68. The van der Waals surface area contributed by atoms with E-state index in [-0.39, 0.29) is 6.10 Å². The van der Waals surface area contributed by atoms with Gasteiger partial charge in [0.25, 0.3) is 0 Å². The van der Waals surface area contributed by atoms with Crippen LogP contribution in [0, 0.1) is 0 Å². The summed E-state index contributed by atoms with van der Waals surface area (Å²) in [6.07, 6.45) is 1.68. The number of rotatable bonds is 8. The second-order valence-electron chi connectivity index (χ2n) is 7.03. The van der Waals surface area contributed by atoms with Crippen LogP contribution in [0.25, 0.3) is 17.1 Å². The van der Waals surface area contributed by atoms with Crippen molar-refractivity contribution in [2.24, 2.45) is 0 Å². The van der Waals surface area contributed by atoms with E-state index in [2.05, 4.69) is 50.8 Å². The van der Waals surface area contributed by atoms with Crippen LogP contribution in [0.15, 0.2) is 89.5 Å². The van der Waals surface area contributed by atoms with Crippen LogP contribution in [0.1, 0.15) is 31.2 Å². The molecule has 4 nitrogen and oxygen atoms in total. The fourth-order valence-corrected chi connectivity index (χ4v) is 4.07. The molecule has 0 bridgehead atoms. The lowest BCUT2D eigenvalue weighted by atomic mass is 10.1. The second kappa shape index (κ2) is 9.94. The molecule has 0 spiro atoms. The molecule has 0 saturated carbocycles. The van der Waals surface area contributed by atoms with Crippen LogP contribution in [0.4, 0.5) is 0 Å². The third-order valence-corrected chi connectivity index (χ3v) is 5.46. The van der Waals surface area contributed by atoms with Crippen molar-refractivity contribution in [1.29, 1.82) is 0 Å². The molecule has 3 aromatic carbocycles. The number of hydrogen-bond donors (Lipinski definition) is 0. The highest BCUT2D eigenvalue weighted by Gasteiger charge is 2.23. The summed E-state index contributed by atoms with van der Waals surface area (Å²) in [5, 5.41) is 0. The largest absolute Gasteiger partial charge is 0.494 e. The van der Waals surface area contributed by atoms with E-state index >= 15 is 0 Å². The summed E-state index contributed by atoms with van der Waals surface area (Å²) in [5.74, 6) is 1.67. The maximum absolute atomic E-state index is 6.22. The zero-order valence-corrected chi connectivity index (χ0v) is 19.2. The number of halogens is 1. The van der Waals surface area contributed by atoms with Crippen molar-refractivity contribution >= 4 is 15.9 Å². The summed E-state index contributed by atoms with van der Waals surface area (Å²) in [6, 6.07) is 26.5. The summed E-state index contributed by atoms with van der Waals surface area (Å²) in [7, 11) is 0. The molecule has 158 valence electrons. The molecule has 0 amide bonds. The van der Waals surface area contributed by atoms with Gasteiger partial charge in [0, 0.05) is 22.3 Å². The van der Waals surface area contributed by atoms with Crippen molar-refractivity contribution in [3.63, 3.8) is 0 Å². The first-order chi connectivity index (χ1) is 15.2. The Morgan fingerprint density at radius 1 is 0.903 bits per heavy atom. The van der Waals surface area contributed by atoms with E-state index < -0.39 is 0 Å². The standard InChI is InChI=1S/C26H25BrN2O2/c1-3-30-23-15-8-12-20(16-23)26-28-18-24(29(26)22-14-9-13-21(27)17-22)25(31-4-2)19-10-6-5-7-11-19/h5-18,25H,3-4H2,1-2H3. The van der Waals surface area contributed by atoms with Crippen LogP contribution < -0.4 is 4.74 Å². The molecule has 4 aromatic rings. The van der Waals surface area contributed by atoms with Gasteiger partial charge in [-0.05, 0) is 49.7 Å². The lowest BCUT2D eigenvalue weighted by Crippen LogP contribution is -2.12. The van der Waals surface area contributed by atoms with Gasteiger partial charge in [-0.1, -0.05) is 64.5 Å². The third kappa shape index (κ3) is 4.73. The summed E-state index contributed by atoms with van der Waals surface area (Å²) in [5.41, 5.74) is 4.07. The Hall–Kier alpha value is -2.89. The lowest BCUT2D eigenvalue weighted by molar-refractivity contribution is 0.0873. The van der Waals surface area contributed by atoms with Crippen LogP contribution >= 0.6 is 15.9 Å². The van der Waals surface area contributed by atoms with E-state index in [0.717, 1.165) is 38.6 Å². The molecule has 5 heteroatoms. The van der Waals surface area contributed by atoms with Crippen LogP contribution in [-0.4, -0.2) is 22.8 Å². The molecule has 0 aliphatic heterocycles. The van der Waals surface area contributed by atoms with E-state index in [9.17, 15) is 0 Å². The average molecular weight is 477 g/mol. The predicted molar refractivity (Wildman–Crippen MR) is 128 cm³/mol. The highest BCUT2D eigenvalue weighted by molar-refractivity contribution is 9.10. The maximum atomic E-state index is 6.22. The maximum Gasteiger partial charge on any atom is 0.144 e. The van der Waals surface area contributed by atoms with Gasteiger partial charge in [-0.15, -0.1) is 0 Å². The number of imidazole rings is 1. The molecule has 0 N–H and O–H groups in total. The molecule has 1 aromatic heterocycles. The van der Waals surface area contributed by atoms with E-state index in [4.69, 9.17) is 14.5 Å². The van der Waals surface area contributed by atoms with E-state index in [1.54, 1.807) is 0 Å². The molecule has 0 radical (unpaired) electrons. The number of hydrogen-bond acceptors (Lipinski definition) is 3. The van der Waals surface area contributed by atoms with Gasteiger partial charge in [-0.2, -0.15) is 0 Å². The van der Waals surface area contributed by atoms with E-state index in [1.165, 1.54) is 0 Å². The number of ether oxygens (including phenoxy) is 2. The summed E-state index contributed by atoms with van der Waals surface area (Å²) < 4.78 is 15.1. The Labute approximate surface area is 191 Å². The second-order valence-corrected chi connectivity index (χ2v) is 7.94. The predicted octanol–water partition coefficient (Wildman–Crippen LogP) is 6.83. The van der Waals surface area contributed by atoms with Crippen LogP contribution in [0.5, 0.6) is 5.75 Å². The Bertz CT molecular complexity index is 1140. The minimum absolute atomic E-state index is 0.235. The van der Waals surface area contributed by atoms with Crippen molar-refractivity contribution < 1.29 is 9.47 Å². The highest BCUT2D eigenvalue weighted by Crippen LogP contribution is 2.34. The molecule has 4 rings (SSSR count). The fraction of sp³-hybridized carbons (Fsp3) is 0.192. The molecule has 1 unspecified atom stereocenters. The Kier molecular flexibility index (Phi) is 6.85. The van der Waals surface area contributed by atoms with E-state index in [1.807, 2.05) is 68.6 Å². The van der Waals surface area contributed by atoms with Gasteiger partial charge >= 0.3 is 0 Å². The molecule has 1 atom stereocenters. The summed E-state index contributed by atoms with van der Waals surface area (Å²) in [4.78, 5) is 4.83. The monoisotopic (exact) mass is 476 g/mol. The number of nitrogens with zero attached hydrogens (tertiary/aromatic N) is 2. The third-order valence-electron chi connectivity index (χ3n) is 4.96. The number of benzene rings is 3. The smallest absolute Gasteiger partial charge is 0.144 e. The minimum Gasteiger partial charge on any atom is -0.494 e. The average Bonchev–Trinajstić information content (AvgIpc) is 3.23. The molecule has 1 heterocycles. The zero-order valence-electron chi connectivity index (χ0n) is 17.7. The zero-order chi connectivity index (χ0) is 21.6. The van der Waals surface area contributed by atoms with Crippen molar-refractivity contribution in [2.75, 3.05) is 13.2 Å². The van der Waals surface area contributed by atoms with Gasteiger partial charge < -0.3 is 9.47 Å². The van der Waals surface area contributed by atoms with Gasteiger partial charge in [0.1, 0.15) is 17.7 Å². The van der Waals surface area contributed by atoms with Crippen LogP contribution in [0.3, 0.4) is 0 Å². The summed E-state index contributed by atoms with van der Waals surface area (Å²) >= 11 is 3.61. The van der Waals surface area contributed by atoms with Gasteiger partial charge in [-0.25, -0.2) is 4.98 Å². The Morgan fingerprint density at radius 3 is 2.45 bits per heavy atom. The Morgan fingerprint density at radius 2 is 1.71 bits per heavy atom. The summed E-state index contributed by atoms with van der Waals surface area (Å²) in [6.45, 7) is 5.22. The van der Waals surface area contributed by atoms with Crippen molar-refractivity contribution in [1.82, 2.24) is 9.55 Å². The molecule has 31 heavy (non-hydrogen) atoms. The van der Waals surface area contributed by atoms with Crippen molar-refractivity contribution in [2.45, 2.75) is 20.0 Å². The number of aromatic nitrogens is 2. The molecule has 0 fully saturated rings. The van der Waals surface area contributed by atoms with Crippen LogP contribution in [-0.2, 0) is 4.74 Å². The quantitative estimate of drug-likeness (QED) is 0.279.